The minimum absolute atomic E-state index is 0.0579. The van der Waals surface area contributed by atoms with Crippen LogP contribution in [-0.2, 0) is 19.0 Å². The van der Waals surface area contributed by atoms with E-state index in [4.69, 9.17) is 18.9 Å². The minimum atomic E-state index is -0.149. The zero-order valence-electron chi connectivity index (χ0n) is 19.2. The van der Waals surface area contributed by atoms with Crippen LogP contribution in [0.1, 0.15) is 76.2 Å². The average molecular weight is 444 g/mol. The van der Waals surface area contributed by atoms with E-state index in [0.29, 0.717) is 30.6 Å². The van der Waals surface area contributed by atoms with Crippen molar-refractivity contribution in [2.24, 2.45) is 0 Å². The van der Waals surface area contributed by atoms with E-state index in [-0.39, 0.29) is 24.3 Å². The Kier molecular flexibility index (Phi) is 8.60. The predicted molar refractivity (Wildman–Crippen MR) is 122 cm³/mol. The molecule has 0 aromatic heterocycles. The van der Waals surface area contributed by atoms with Gasteiger partial charge in [0.2, 0.25) is 0 Å². The summed E-state index contributed by atoms with van der Waals surface area (Å²) in [5.41, 5.74) is 1.36. The molecule has 1 heterocycles. The summed E-state index contributed by atoms with van der Waals surface area (Å²) in [6.45, 7) is 3.80. The zero-order chi connectivity index (χ0) is 22.2. The lowest BCUT2D eigenvalue weighted by atomic mass is 9.93. The fourth-order valence-electron chi connectivity index (χ4n) is 4.46. The van der Waals surface area contributed by atoms with Crippen LogP contribution in [0.25, 0.3) is 0 Å². The molecule has 0 spiro atoms. The molecule has 1 saturated heterocycles. The number of carbonyl (C=O) groups excluding carboxylic acids is 1. The standard InChI is InChI=1S/C26H37NO5/c1-2-24(32-23-12-8-20(9-13-23)19-6-7-19)26(28)27-21-10-14-22(15-11-21)29-17-18-31-25-5-3-4-16-30-25/h2,8-9,12-13,19,21-22,25H,3-7,10-11,14-18H2,1H3,(H,27,28)/b24-2-. The van der Waals surface area contributed by atoms with Gasteiger partial charge in [0.15, 0.2) is 12.0 Å². The molecular formula is C26H37NO5. The van der Waals surface area contributed by atoms with Crippen molar-refractivity contribution in [1.29, 1.82) is 0 Å². The third kappa shape index (κ3) is 7.06. The lowest BCUT2D eigenvalue weighted by molar-refractivity contribution is -0.172. The molecule has 1 atom stereocenters. The molecule has 1 aromatic carbocycles. The van der Waals surface area contributed by atoms with Crippen LogP contribution in [0.4, 0.5) is 0 Å². The van der Waals surface area contributed by atoms with E-state index in [0.717, 1.165) is 45.1 Å². The third-order valence-electron chi connectivity index (χ3n) is 6.53. The van der Waals surface area contributed by atoms with E-state index in [1.165, 1.54) is 24.8 Å². The lowest BCUT2D eigenvalue weighted by Gasteiger charge is -2.29. The molecule has 0 radical (unpaired) electrons. The largest absolute Gasteiger partial charge is 0.452 e. The van der Waals surface area contributed by atoms with E-state index in [1.54, 1.807) is 6.08 Å². The maximum atomic E-state index is 12.7. The predicted octanol–water partition coefficient (Wildman–Crippen LogP) is 4.83. The summed E-state index contributed by atoms with van der Waals surface area (Å²) < 4.78 is 23.1. The van der Waals surface area contributed by atoms with Crippen LogP contribution >= 0.6 is 0 Å². The quantitative estimate of drug-likeness (QED) is 0.319. The van der Waals surface area contributed by atoms with Gasteiger partial charge in [-0.2, -0.15) is 0 Å². The van der Waals surface area contributed by atoms with Crippen molar-refractivity contribution in [3.8, 4) is 5.75 Å². The van der Waals surface area contributed by atoms with Crippen molar-refractivity contribution in [3.63, 3.8) is 0 Å². The topological polar surface area (TPSA) is 66.0 Å². The SMILES string of the molecule is C/C=C(\Oc1ccc(C2CC2)cc1)C(=O)NC1CCC(OCCOC2CCCCO2)CC1. The molecule has 1 aromatic rings. The fraction of sp³-hybridized carbons (Fsp3) is 0.654. The molecule has 2 aliphatic carbocycles. The van der Waals surface area contributed by atoms with Crippen LogP contribution in [0, 0.1) is 0 Å². The van der Waals surface area contributed by atoms with Gasteiger partial charge in [0.1, 0.15) is 5.75 Å². The van der Waals surface area contributed by atoms with Gasteiger partial charge in [-0.05, 0) is 94.4 Å². The number of amides is 1. The Morgan fingerprint density at radius 2 is 1.75 bits per heavy atom. The monoisotopic (exact) mass is 443 g/mol. The van der Waals surface area contributed by atoms with Gasteiger partial charge in [-0.15, -0.1) is 0 Å². The van der Waals surface area contributed by atoms with Gasteiger partial charge in [-0.25, -0.2) is 0 Å². The van der Waals surface area contributed by atoms with Gasteiger partial charge in [0.25, 0.3) is 5.91 Å². The number of allylic oxidation sites excluding steroid dienone is 1. The molecule has 176 valence electrons. The van der Waals surface area contributed by atoms with Gasteiger partial charge in [0, 0.05) is 12.6 Å². The molecule has 2 saturated carbocycles. The Morgan fingerprint density at radius 1 is 1.00 bits per heavy atom. The molecule has 1 N–H and O–H groups in total. The van der Waals surface area contributed by atoms with Crippen molar-refractivity contribution in [3.05, 3.63) is 41.7 Å². The maximum Gasteiger partial charge on any atom is 0.286 e. The summed E-state index contributed by atoms with van der Waals surface area (Å²) in [5, 5.41) is 3.13. The van der Waals surface area contributed by atoms with Crippen molar-refractivity contribution in [1.82, 2.24) is 5.32 Å². The second-order valence-corrected chi connectivity index (χ2v) is 9.08. The summed E-state index contributed by atoms with van der Waals surface area (Å²) in [6, 6.07) is 8.28. The smallest absolute Gasteiger partial charge is 0.286 e. The average Bonchev–Trinajstić information content (AvgIpc) is 3.68. The summed E-state index contributed by atoms with van der Waals surface area (Å²) in [7, 11) is 0. The van der Waals surface area contributed by atoms with Crippen molar-refractivity contribution < 1.29 is 23.7 Å². The second kappa shape index (κ2) is 11.8. The molecule has 6 nitrogen and oxygen atoms in total. The second-order valence-electron chi connectivity index (χ2n) is 9.08. The molecule has 1 unspecified atom stereocenters. The van der Waals surface area contributed by atoms with Gasteiger partial charge in [0.05, 0.1) is 19.3 Å². The first-order chi connectivity index (χ1) is 15.7. The Labute approximate surface area is 191 Å². The number of rotatable bonds is 10. The molecule has 3 fully saturated rings. The van der Waals surface area contributed by atoms with E-state index in [1.807, 2.05) is 19.1 Å². The van der Waals surface area contributed by atoms with Crippen molar-refractivity contribution in [2.75, 3.05) is 19.8 Å². The van der Waals surface area contributed by atoms with Crippen LogP contribution in [0.3, 0.4) is 0 Å². The first-order valence-corrected chi connectivity index (χ1v) is 12.3. The summed E-state index contributed by atoms with van der Waals surface area (Å²) in [6.07, 6.45) is 11.5. The number of hydrogen-bond donors (Lipinski definition) is 1. The minimum Gasteiger partial charge on any atom is -0.452 e. The van der Waals surface area contributed by atoms with Gasteiger partial charge < -0.3 is 24.3 Å². The van der Waals surface area contributed by atoms with Gasteiger partial charge >= 0.3 is 0 Å². The zero-order valence-corrected chi connectivity index (χ0v) is 19.2. The molecule has 0 bridgehead atoms. The molecule has 1 aliphatic heterocycles. The van der Waals surface area contributed by atoms with Crippen LogP contribution in [0.2, 0.25) is 0 Å². The highest BCUT2D eigenvalue weighted by Gasteiger charge is 2.25. The highest BCUT2D eigenvalue weighted by atomic mass is 16.7. The highest BCUT2D eigenvalue weighted by Crippen LogP contribution is 2.40. The first kappa shape index (κ1) is 23.3. The molecule has 1 amide bonds. The van der Waals surface area contributed by atoms with E-state index < -0.39 is 0 Å². The number of carbonyl (C=O) groups is 1. The Balaban J connectivity index is 1.12. The van der Waals surface area contributed by atoms with Gasteiger partial charge in [-0.3, -0.25) is 4.79 Å². The lowest BCUT2D eigenvalue weighted by Crippen LogP contribution is -2.40. The third-order valence-corrected chi connectivity index (χ3v) is 6.53. The summed E-state index contributed by atoms with van der Waals surface area (Å²) >= 11 is 0. The van der Waals surface area contributed by atoms with Gasteiger partial charge in [-0.1, -0.05) is 12.1 Å². The number of benzene rings is 1. The Bertz CT molecular complexity index is 744. The van der Waals surface area contributed by atoms with Crippen LogP contribution in [0.5, 0.6) is 5.75 Å². The number of ether oxygens (including phenoxy) is 4. The molecule has 3 aliphatic rings. The van der Waals surface area contributed by atoms with E-state index >= 15 is 0 Å². The fourth-order valence-corrected chi connectivity index (χ4v) is 4.46. The van der Waals surface area contributed by atoms with E-state index in [9.17, 15) is 4.79 Å². The molecule has 32 heavy (non-hydrogen) atoms. The highest BCUT2D eigenvalue weighted by molar-refractivity contribution is 5.92. The van der Waals surface area contributed by atoms with Crippen molar-refractivity contribution >= 4 is 5.91 Å². The molecular weight excluding hydrogens is 406 g/mol. The molecule has 4 rings (SSSR count). The van der Waals surface area contributed by atoms with E-state index in [2.05, 4.69) is 17.4 Å². The summed E-state index contributed by atoms with van der Waals surface area (Å²) in [4.78, 5) is 12.7. The van der Waals surface area contributed by atoms with Crippen LogP contribution in [0.15, 0.2) is 36.1 Å². The summed E-state index contributed by atoms with van der Waals surface area (Å²) in [5.74, 6) is 1.62. The first-order valence-electron chi connectivity index (χ1n) is 12.3. The normalized spacial score (nSPS) is 26.5. The Morgan fingerprint density at radius 3 is 2.41 bits per heavy atom. The van der Waals surface area contributed by atoms with Crippen LogP contribution in [-0.4, -0.2) is 44.2 Å². The number of nitrogens with one attached hydrogen (secondary N) is 1. The number of hydrogen-bond acceptors (Lipinski definition) is 5. The maximum absolute atomic E-state index is 12.7. The molecule has 6 heteroatoms. The van der Waals surface area contributed by atoms with Crippen molar-refractivity contribution in [2.45, 2.75) is 89.1 Å². The van der Waals surface area contributed by atoms with Crippen LogP contribution < -0.4 is 10.1 Å². The Hall–Kier alpha value is -1.89.